The van der Waals surface area contributed by atoms with Crippen molar-refractivity contribution in [1.82, 2.24) is 0 Å². The highest BCUT2D eigenvalue weighted by Gasteiger charge is 2.52. The summed E-state index contributed by atoms with van der Waals surface area (Å²) in [5.41, 5.74) is -2.36. The Morgan fingerprint density at radius 1 is 0.370 bits per heavy atom. The lowest BCUT2D eigenvalue weighted by molar-refractivity contribution is -0.0155. The number of benzene rings is 6. The van der Waals surface area contributed by atoms with Crippen molar-refractivity contribution in [2.75, 3.05) is 82.3 Å². The molecule has 21 heteroatoms. The lowest BCUT2D eigenvalue weighted by Crippen LogP contribution is -2.42. The normalized spacial score (nSPS) is 25.2. The molecule has 9 atom stereocenters. The van der Waals surface area contributed by atoms with Crippen molar-refractivity contribution in [3.05, 3.63) is 118 Å². The van der Waals surface area contributed by atoms with Crippen molar-refractivity contribution < 1.29 is 104 Å². The topological polar surface area (TPSA) is 326 Å². The van der Waals surface area contributed by atoms with Crippen molar-refractivity contribution in [1.29, 1.82) is 0 Å². The van der Waals surface area contributed by atoms with Crippen LogP contribution in [0.25, 0.3) is 22.3 Å². The molecule has 0 saturated carbocycles. The standard InChI is InChI=1S/C60H68O21/c1-73-45-18-33(7-9-43(45)64)55-40(24-61)58(70,27-79-55)21-30-11-36(51(66)47(14-30)75-3)37-12-31(15-48(76-4)52(37)67)23-60(72)29-81-57(42(60)26-63)35-17-39(54(69)50(20-35)78-6)38-13-32(16-49(77-5)53(38)68)22-59(71)28-80-56(41(59)25-62)34-8-10-44(65)46(19-34)74-2/h7-20,40-42,55-57,61-72H,21-29H2,1-6H3/t40-,41-,42-,55-,56-,57-,58+,59+,60+/m1/s1. The molecule has 81 heavy (non-hydrogen) atoms. The molecule has 0 radical (unpaired) electrons. The van der Waals surface area contributed by atoms with Crippen LogP contribution < -0.4 is 28.4 Å². The highest BCUT2D eigenvalue weighted by atomic mass is 16.5. The molecule has 21 nitrogen and oxygen atoms in total. The van der Waals surface area contributed by atoms with Gasteiger partial charge >= 0.3 is 0 Å². The maximum Gasteiger partial charge on any atom is 0.165 e. The molecule has 12 N–H and O–H groups in total. The van der Waals surface area contributed by atoms with Crippen LogP contribution in [0.2, 0.25) is 0 Å². The molecule has 3 heterocycles. The molecule has 0 unspecified atom stereocenters. The first-order valence-corrected chi connectivity index (χ1v) is 25.9. The van der Waals surface area contributed by atoms with Crippen molar-refractivity contribution in [2.45, 2.75) is 54.4 Å². The van der Waals surface area contributed by atoms with E-state index in [2.05, 4.69) is 0 Å². The van der Waals surface area contributed by atoms with Gasteiger partial charge in [-0.3, -0.25) is 0 Å². The van der Waals surface area contributed by atoms with Gasteiger partial charge in [-0.2, -0.15) is 0 Å². The summed E-state index contributed by atoms with van der Waals surface area (Å²) in [5.74, 6) is -4.30. The Balaban J connectivity index is 1.01. The SMILES string of the molecule is COc1cc([C@H]2OC[C@@](O)(Cc3cc(OC)c(O)c(-c4cc(C[C@]5(O)CO[C@H](c6cc(OC)c(O)c(-c7cc(C[C@]8(O)CO[C@H](c9ccc(O)c(OC)c9)[C@H]8CO)cc(OC)c7O)c6)[C@H]5CO)cc(OC)c4O)c3)[C@@H]2CO)ccc1O. The van der Waals surface area contributed by atoms with Crippen LogP contribution in [0.15, 0.2) is 84.9 Å². The molecule has 0 amide bonds. The van der Waals surface area contributed by atoms with E-state index < -0.39 is 78.4 Å². The van der Waals surface area contributed by atoms with E-state index in [4.69, 9.17) is 42.6 Å². The lowest BCUT2D eigenvalue weighted by Gasteiger charge is -2.30. The molecule has 3 fully saturated rings. The fraction of sp³-hybridized carbons (Fsp3) is 0.400. The fourth-order valence-corrected chi connectivity index (χ4v) is 11.9. The molecule has 0 aromatic heterocycles. The van der Waals surface area contributed by atoms with Gasteiger partial charge in [-0.25, -0.2) is 0 Å². The van der Waals surface area contributed by atoms with E-state index in [1.54, 1.807) is 30.3 Å². The van der Waals surface area contributed by atoms with Crippen molar-refractivity contribution in [3.63, 3.8) is 0 Å². The summed E-state index contributed by atoms with van der Waals surface area (Å²) in [5, 5.41) is 137. The summed E-state index contributed by atoms with van der Waals surface area (Å²) in [7, 11) is 8.11. The summed E-state index contributed by atoms with van der Waals surface area (Å²) < 4.78 is 51.4. The van der Waals surface area contributed by atoms with Gasteiger partial charge in [0.15, 0.2) is 69.0 Å². The number of hydrogen-bond acceptors (Lipinski definition) is 21. The molecular weight excluding hydrogens is 1060 g/mol. The maximum absolute atomic E-state index is 12.6. The molecule has 0 aliphatic carbocycles. The van der Waals surface area contributed by atoms with Gasteiger partial charge in [0.25, 0.3) is 0 Å². The van der Waals surface area contributed by atoms with Crippen LogP contribution in [0, 0.1) is 17.8 Å². The average Bonchev–Trinajstić information content (AvgIpc) is 4.26. The molecule has 3 aliphatic rings. The van der Waals surface area contributed by atoms with E-state index >= 15 is 0 Å². The van der Waals surface area contributed by atoms with Crippen molar-refractivity contribution >= 4 is 0 Å². The summed E-state index contributed by atoms with van der Waals surface area (Å²) in [4.78, 5) is 0. The van der Waals surface area contributed by atoms with Crippen LogP contribution in [0.1, 0.15) is 51.7 Å². The van der Waals surface area contributed by atoms with E-state index in [1.165, 1.54) is 97.3 Å². The van der Waals surface area contributed by atoms with Gasteiger partial charge in [-0.05, 0) is 106 Å². The number of phenols is 6. The molecule has 6 aromatic rings. The first-order chi connectivity index (χ1) is 38.7. The van der Waals surface area contributed by atoms with E-state index in [0.717, 1.165) is 0 Å². The quantitative estimate of drug-likeness (QED) is 0.0463. The van der Waals surface area contributed by atoms with E-state index in [-0.39, 0.29) is 125 Å². The fourth-order valence-electron chi connectivity index (χ4n) is 11.9. The minimum Gasteiger partial charge on any atom is -0.504 e. The van der Waals surface area contributed by atoms with Crippen LogP contribution >= 0.6 is 0 Å². The van der Waals surface area contributed by atoms with Crippen LogP contribution in [-0.2, 0) is 33.5 Å². The second kappa shape index (κ2) is 23.2. The predicted molar refractivity (Wildman–Crippen MR) is 290 cm³/mol. The summed E-state index contributed by atoms with van der Waals surface area (Å²) >= 11 is 0. The Morgan fingerprint density at radius 3 is 0.938 bits per heavy atom. The zero-order valence-corrected chi connectivity index (χ0v) is 45.5. The average molecular weight is 1130 g/mol. The van der Waals surface area contributed by atoms with E-state index in [0.29, 0.717) is 33.4 Å². The Hall–Kier alpha value is -7.44. The lowest BCUT2D eigenvalue weighted by atomic mass is 9.79. The van der Waals surface area contributed by atoms with E-state index in [9.17, 15) is 61.3 Å². The number of hydrogen-bond donors (Lipinski definition) is 12. The Morgan fingerprint density at radius 2 is 0.642 bits per heavy atom. The maximum atomic E-state index is 12.6. The summed E-state index contributed by atoms with van der Waals surface area (Å²) in [6.07, 6.45) is -3.10. The van der Waals surface area contributed by atoms with Crippen molar-refractivity contribution in [3.8, 4) is 91.2 Å². The van der Waals surface area contributed by atoms with Gasteiger partial charge in [-0.1, -0.05) is 12.1 Å². The van der Waals surface area contributed by atoms with Gasteiger partial charge in [0.1, 0.15) is 0 Å². The number of aliphatic hydroxyl groups excluding tert-OH is 3. The van der Waals surface area contributed by atoms with Gasteiger partial charge in [0, 0.05) is 59.3 Å². The number of aliphatic hydroxyl groups is 6. The molecule has 0 bridgehead atoms. The zero-order chi connectivity index (χ0) is 58.3. The molecule has 3 aliphatic heterocycles. The minimum absolute atomic E-state index is 0.0137. The third-order valence-corrected chi connectivity index (χ3v) is 16.2. The van der Waals surface area contributed by atoms with Crippen molar-refractivity contribution in [2.24, 2.45) is 17.8 Å². The predicted octanol–water partition coefficient (Wildman–Crippen LogP) is 5.27. The largest absolute Gasteiger partial charge is 0.504 e. The van der Waals surface area contributed by atoms with Crippen LogP contribution in [0.3, 0.4) is 0 Å². The third kappa shape index (κ3) is 10.7. The zero-order valence-electron chi connectivity index (χ0n) is 45.5. The molecule has 434 valence electrons. The molecular formula is C60H68O21. The van der Waals surface area contributed by atoms with Gasteiger partial charge in [0.05, 0.1) is 117 Å². The highest BCUT2D eigenvalue weighted by Crippen LogP contribution is 2.53. The van der Waals surface area contributed by atoms with Gasteiger partial charge in [-0.15, -0.1) is 0 Å². The number of aromatic hydroxyl groups is 6. The molecule has 3 saturated heterocycles. The van der Waals surface area contributed by atoms with Crippen LogP contribution in [0.4, 0.5) is 0 Å². The highest BCUT2D eigenvalue weighted by molar-refractivity contribution is 5.82. The van der Waals surface area contributed by atoms with Crippen LogP contribution in [-0.4, -0.2) is 160 Å². The Bertz CT molecular complexity index is 3280. The van der Waals surface area contributed by atoms with Gasteiger partial charge in [0.2, 0.25) is 0 Å². The first kappa shape index (κ1) is 58.2. The van der Waals surface area contributed by atoms with Crippen LogP contribution in [0.5, 0.6) is 69.0 Å². The summed E-state index contributed by atoms with van der Waals surface area (Å²) in [6.45, 7) is -2.34. The smallest absolute Gasteiger partial charge is 0.165 e. The Kier molecular flexibility index (Phi) is 16.7. The Labute approximate surface area is 466 Å². The molecule has 9 rings (SSSR count). The summed E-state index contributed by atoms with van der Waals surface area (Å²) in [6, 6.07) is 21.3. The second-order valence-corrected chi connectivity index (χ2v) is 21.0. The molecule has 6 aromatic carbocycles. The minimum atomic E-state index is -1.83. The number of ether oxygens (including phenoxy) is 9. The monoisotopic (exact) mass is 1120 g/mol. The number of phenolic OH excluding ortho intramolecular Hbond substituents is 6. The number of methoxy groups -OCH3 is 6. The second-order valence-electron chi connectivity index (χ2n) is 21.0. The first-order valence-electron chi connectivity index (χ1n) is 25.9. The van der Waals surface area contributed by atoms with E-state index in [1.807, 2.05) is 0 Å². The number of rotatable bonds is 20. The third-order valence-electron chi connectivity index (χ3n) is 16.2. The molecule has 0 spiro atoms. The van der Waals surface area contributed by atoms with Gasteiger partial charge < -0.3 is 104 Å².